The molecule has 2 saturated heterocycles. The van der Waals surface area contributed by atoms with E-state index in [0.29, 0.717) is 18.5 Å². The summed E-state index contributed by atoms with van der Waals surface area (Å²) in [6.45, 7) is 13.3. The standard InChI is InChI=1S/C21H30BF3N2O4/c1-18(2,3)29-17(28)27-9-8-13(12-27)14-10-15(21(23,24)25)26-16(11-14)22-30-19(4,5)20(6,7)31-22/h10-11,13H,8-9,12H2,1-7H3. The fraction of sp³-hybridized carbons (Fsp3) is 0.714. The molecule has 2 aliphatic rings. The zero-order chi connectivity index (χ0) is 23.4. The van der Waals surface area contributed by atoms with Crippen molar-refractivity contribution in [1.29, 1.82) is 0 Å². The summed E-state index contributed by atoms with van der Waals surface area (Å²) in [5, 5.41) is 0. The van der Waals surface area contributed by atoms with Crippen LogP contribution in [0.1, 0.15) is 72.1 Å². The smallest absolute Gasteiger partial charge is 0.444 e. The van der Waals surface area contributed by atoms with Gasteiger partial charge in [0.05, 0.1) is 16.8 Å². The molecule has 1 aromatic rings. The SMILES string of the molecule is CC(C)(C)OC(=O)N1CCC(c2cc(B3OC(C)(C)C(C)(C)O3)nc(C(F)(F)F)c2)C1. The van der Waals surface area contributed by atoms with E-state index in [-0.39, 0.29) is 18.1 Å². The number of pyridine rings is 1. The maximum atomic E-state index is 13.6. The summed E-state index contributed by atoms with van der Waals surface area (Å²) >= 11 is 0. The molecule has 0 spiro atoms. The summed E-state index contributed by atoms with van der Waals surface area (Å²) in [5.74, 6) is -0.266. The first-order valence-corrected chi connectivity index (χ1v) is 10.4. The third-order valence-electron chi connectivity index (χ3n) is 5.96. The van der Waals surface area contributed by atoms with Gasteiger partial charge in [0.25, 0.3) is 0 Å². The number of hydrogen-bond donors (Lipinski definition) is 0. The second kappa shape index (κ2) is 7.65. The molecule has 1 atom stereocenters. The third kappa shape index (κ3) is 5.17. The molecule has 0 N–H and O–H groups in total. The highest BCUT2D eigenvalue weighted by Gasteiger charge is 2.53. The van der Waals surface area contributed by atoms with Crippen molar-refractivity contribution < 1.29 is 32.0 Å². The molecule has 3 heterocycles. The van der Waals surface area contributed by atoms with Crippen molar-refractivity contribution in [2.24, 2.45) is 0 Å². The molecule has 1 aromatic heterocycles. The van der Waals surface area contributed by atoms with Crippen molar-refractivity contribution in [1.82, 2.24) is 9.88 Å². The molecular weight excluding hydrogens is 412 g/mol. The first-order valence-electron chi connectivity index (χ1n) is 10.4. The highest BCUT2D eigenvalue weighted by Crippen LogP contribution is 2.37. The molecular formula is C21H30BF3N2O4. The van der Waals surface area contributed by atoms with Crippen LogP contribution in [0, 0.1) is 0 Å². The molecule has 0 saturated carbocycles. The van der Waals surface area contributed by atoms with Crippen LogP contribution < -0.4 is 5.59 Å². The summed E-state index contributed by atoms with van der Waals surface area (Å²) in [5.41, 5.74) is -2.50. The van der Waals surface area contributed by atoms with Gasteiger partial charge in [-0.15, -0.1) is 0 Å². The molecule has 10 heteroatoms. The Bertz CT molecular complexity index is 836. The van der Waals surface area contributed by atoms with Gasteiger partial charge in [0, 0.05) is 19.0 Å². The maximum Gasteiger partial charge on any atom is 0.514 e. The number of carbonyl (C=O) groups excluding carboxylic acids is 1. The van der Waals surface area contributed by atoms with Gasteiger partial charge in [0.2, 0.25) is 0 Å². The zero-order valence-electron chi connectivity index (χ0n) is 19.1. The predicted molar refractivity (Wildman–Crippen MR) is 110 cm³/mol. The minimum atomic E-state index is -4.61. The molecule has 0 bridgehead atoms. The number of rotatable bonds is 2. The lowest BCUT2D eigenvalue weighted by Crippen LogP contribution is -2.41. The second-order valence-electron chi connectivity index (χ2n) is 10.2. The van der Waals surface area contributed by atoms with Gasteiger partial charge in [-0.1, -0.05) is 0 Å². The van der Waals surface area contributed by atoms with Crippen LogP contribution in [0.2, 0.25) is 0 Å². The number of alkyl halides is 3. The average molecular weight is 442 g/mol. The van der Waals surface area contributed by atoms with Gasteiger partial charge in [0.1, 0.15) is 11.3 Å². The largest absolute Gasteiger partial charge is 0.514 e. The van der Waals surface area contributed by atoms with Gasteiger partial charge in [-0.25, -0.2) is 4.79 Å². The van der Waals surface area contributed by atoms with Crippen molar-refractivity contribution in [3.05, 3.63) is 23.4 Å². The van der Waals surface area contributed by atoms with E-state index in [1.54, 1.807) is 26.8 Å². The zero-order valence-corrected chi connectivity index (χ0v) is 19.1. The summed E-state index contributed by atoms with van der Waals surface area (Å²) in [6.07, 6.45) is -4.55. The summed E-state index contributed by atoms with van der Waals surface area (Å²) in [6, 6.07) is 2.65. The van der Waals surface area contributed by atoms with Crippen LogP contribution >= 0.6 is 0 Å². The molecule has 6 nitrogen and oxygen atoms in total. The topological polar surface area (TPSA) is 60.9 Å². The Kier molecular flexibility index (Phi) is 5.89. The van der Waals surface area contributed by atoms with Crippen molar-refractivity contribution in [3.8, 4) is 0 Å². The molecule has 31 heavy (non-hydrogen) atoms. The fourth-order valence-corrected chi connectivity index (χ4v) is 3.56. The average Bonchev–Trinajstić information content (AvgIpc) is 3.15. The number of halogens is 3. The first kappa shape index (κ1) is 23.8. The first-order chi connectivity index (χ1) is 14.0. The van der Waals surface area contributed by atoms with E-state index in [4.69, 9.17) is 14.0 Å². The molecule has 0 aromatic carbocycles. The number of nitrogens with zero attached hydrogens (tertiary/aromatic N) is 2. The number of hydrogen-bond acceptors (Lipinski definition) is 5. The Morgan fingerprint density at radius 1 is 1.16 bits per heavy atom. The van der Waals surface area contributed by atoms with Gasteiger partial charge in [-0.05, 0) is 72.6 Å². The molecule has 0 aliphatic carbocycles. The number of carbonyl (C=O) groups is 1. The predicted octanol–water partition coefficient (Wildman–Crippen LogP) is 4.12. The minimum Gasteiger partial charge on any atom is -0.444 e. The van der Waals surface area contributed by atoms with E-state index >= 15 is 0 Å². The number of ether oxygens (including phenoxy) is 1. The van der Waals surface area contributed by atoms with Crippen LogP contribution in [0.4, 0.5) is 18.0 Å². The Morgan fingerprint density at radius 3 is 2.26 bits per heavy atom. The van der Waals surface area contributed by atoms with Gasteiger partial charge >= 0.3 is 19.4 Å². The Balaban J connectivity index is 1.88. The van der Waals surface area contributed by atoms with Gasteiger partial charge in [0.15, 0.2) is 0 Å². The van der Waals surface area contributed by atoms with Gasteiger partial charge < -0.3 is 18.9 Å². The number of likely N-dealkylation sites (tertiary alicyclic amines) is 1. The molecule has 1 amide bonds. The molecule has 3 rings (SSSR count). The monoisotopic (exact) mass is 442 g/mol. The van der Waals surface area contributed by atoms with Crippen LogP contribution in [0.5, 0.6) is 0 Å². The highest BCUT2D eigenvalue weighted by atomic mass is 19.4. The van der Waals surface area contributed by atoms with Crippen molar-refractivity contribution in [2.75, 3.05) is 13.1 Å². The summed E-state index contributed by atoms with van der Waals surface area (Å²) in [7, 11) is -1.01. The van der Waals surface area contributed by atoms with E-state index in [1.165, 1.54) is 4.90 Å². The lowest BCUT2D eigenvalue weighted by molar-refractivity contribution is -0.141. The molecule has 2 fully saturated rings. The van der Waals surface area contributed by atoms with Crippen molar-refractivity contribution >= 4 is 18.8 Å². The number of amides is 1. The van der Waals surface area contributed by atoms with Crippen LogP contribution in [-0.2, 0) is 20.2 Å². The van der Waals surface area contributed by atoms with Crippen molar-refractivity contribution in [3.63, 3.8) is 0 Å². The second-order valence-corrected chi connectivity index (χ2v) is 10.2. The van der Waals surface area contributed by atoms with Crippen LogP contribution in [0.15, 0.2) is 12.1 Å². The Labute approximate surface area is 181 Å². The van der Waals surface area contributed by atoms with E-state index < -0.39 is 41.9 Å². The van der Waals surface area contributed by atoms with E-state index in [9.17, 15) is 18.0 Å². The summed E-state index contributed by atoms with van der Waals surface area (Å²) in [4.78, 5) is 17.7. The molecule has 172 valence electrons. The molecule has 2 aliphatic heterocycles. The van der Waals surface area contributed by atoms with Gasteiger partial charge in [-0.2, -0.15) is 13.2 Å². The van der Waals surface area contributed by atoms with E-state index in [1.807, 2.05) is 27.7 Å². The van der Waals surface area contributed by atoms with Crippen LogP contribution in [0.25, 0.3) is 0 Å². The normalized spacial score (nSPS) is 23.4. The van der Waals surface area contributed by atoms with Crippen LogP contribution in [-0.4, -0.2) is 53.0 Å². The molecule has 1 unspecified atom stereocenters. The van der Waals surface area contributed by atoms with E-state index in [0.717, 1.165) is 6.07 Å². The Morgan fingerprint density at radius 2 is 1.74 bits per heavy atom. The Hall–Kier alpha value is -1.81. The lowest BCUT2D eigenvalue weighted by atomic mass is 9.81. The lowest BCUT2D eigenvalue weighted by Gasteiger charge is -2.32. The van der Waals surface area contributed by atoms with E-state index in [2.05, 4.69) is 4.98 Å². The highest BCUT2D eigenvalue weighted by molar-refractivity contribution is 6.61. The maximum absolute atomic E-state index is 13.6. The summed E-state index contributed by atoms with van der Waals surface area (Å²) < 4.78 is 58.0. The third-order valence-corrected chi connectivity index (χ3v) is 5.96. The fourth-order valence-electron chi connectivity index (χ4n) is 3.56. The minimum absolute atomic E-state index is 0.0826. The quantitative estimate of drug-likeness (QED) is 0.645. The number of aromatic nitrogens is 1. The van der Waals surface area contributed by atoms with Crippen molar-refractivity contribution in [2.45, 2.75) is 83.8 Å². The van der Waals surface area contributed by atoms with Gasteiger partial charge in [-0.3, -0.25) is 4.98 Å². The molecule has 0 radical (unpaired) electrons. The van der Waals surface area contributed by atoms with Crippen LogP contribution in [0.3, 0.4) is 0 Å².